The molecule has 1 aliphatic heterocycles. The van der Waals surface area contributed by atoms with Crippen molar-refractivity contribution in [3.63, 3.8) is 0 Å². The molecule has 1 amide bonds. The third-order valence-corrected chi connectivity index (χ3v) is 5.62. The molecule has 0 aliphatic carbocycles. The summed E-state index contributed by atoms with van der Waals surface area (Å²) in [6, 6.07) is 17.3. The monoisotopic (exact) mass is 433 g/mol. The number of hydrogen-bond acceptors (Lipinski definition) is 6. The zero-order chi connectivity index (χ0) is 21.2. The first-order valence-corrected chi connectivity index (χ1v) is 10.6. The maximum absolute atomic E-state index is 12.5. The van der Waals surface area contributed by atoms with Crippen molar-refractivity contribution in [3.05, 3.63) is 72.6 Å². The second-order valence-electron chi connectivity index (χ2n) is 6.96. The highest BCUT2D eigenvalue weighted by atomic mass is 32.2. The number of aryl methyl sites for hydroxylation is 1. The van der Waals surface area contributed by atoms with Crippen LogP contribution in [0, 0.1) is 6.92 Å². The van der Waals surface area contributed by atoms with Gasteiger partial charge >= 0.3 is 0 Å². The predicted molar refractivity (Wildman–Crippen MR) is 117 cm³/mol. The zero-order valence-corrected chi connectivity index (χ0v) is 17.5. The number of carbonyl (C=O) groups excluding carboxylic acids is 1. The number of carbonyl (C=O) groups is 1. The molecule has 5 rings (SSSR count). The Kier molecular flexibility index (Phi) is 5.09. The molecule has 0 saturated carbocycles. The van der Waals surface area contributed by atoms with E-state index < -0.39 is 0 Å². The highest BCUT2D eigenvalue weighted by Crippen LogP contribution is 2.34. The molecule has 3 heterocycles. The first kappa shape index (κ1) is 19.3. The average Bonchev–Trinajstić information content (AvgIpc) is 3.51. The van der Waals surface area contributed by atoms with Crippen LogP contribution in [0.1, 0.15) is 5.56 Å². The Morgan fingerprint density at radius 3 is 2.74 bits per heavy atom. The fourth-order valence-electron chi connectivity index (χ4n) is 3.29. The van der Waals surface area contributed by atoms with E-state index in [1.165, 1.54) is 11.8 Å². The van der Waals surface area contributed by atoms with E-state index >= 15 is 0 Å². The van der Waals surface area contributed by atoms with E-state index in [9.17, 15) is 4.79 Å². The summed E-state index contributed by atoms with van der Waals surface area (Å²) in [4.78, 5) is 12.5. The van der Waals surface area contributed by atoms with E-state index in [0.29, 0.717) is 28.2 Å². The molecule has 1 N–H and O–H groups in total. The van der Waals surface area contributed by atoms with E-state index in [0.717, 1.165) is 11.1 Å². The van der Waals surface area contributed by atoms with Gasteiger partial charge in [0.25, 0.3) is 0 Å². The molecule has 0 bridgehead atoms. The summed E-state index contributed by atoms with van der Waals surface area (Å²) in [5.74, 6) is 2.04. The third kappa shape index (κ3) is 3.99. The minimum Gasteiger partial charge on any atom is -0.454 e. The molecular weight excluding hydrogens is 414 g/mol. The lowest BCUT2D eigenvalue weighted by atomic mass is 10.1. The lowest BCUT2D eigenvalue weighted by Gasteiger charge is -2.11. The first-order chi connectivity index (χ1) is 15.2. The number of aromatic nitrogens is 4. The summed E-state index contributed by atoms with van der Waals surface area (Å²) in [7, 11) is 0. The Hall–Kier alpha value is -3.72. The summed E-state index contributed by atoms with van der Waals surface area (Å²) in [6.45, 7) is 2.23. The van der Waals surface area contributed by atoms with Gasteiger partial charge in [-0.1, -0.05) is 35.5 Å². The van der Waals surface area contributed by atoms with E-state index in [4.69, 9.17) is 9.47 Å². The minimum absolute atomic E-state index is 0.150. The van der Waals surface area contributed by atoms with E-state index in [-0.39, 0.29) is 18.5 Å². The number of amides is 1. The summed E-state index contributed by atoms with van der Waals surface area (Å²) in [5.41, 5.74) is 2.75. The van der Waals surface area contributed by atoms with Crippen molar-refractivity contribution in [2.24, 2.45) is 0 Å². The average molecular weight is 433 g/mol. The normalized spacial score (nSPS) is 12.2. The van der Waals surface area contributed by atoms with Crippen molar-refractivity contribution >= 4 is 23.4 Å². The van der Waals surface area contributed by atoms with Gasteiger partial charge in [-0.2, -0.15) is 0 Å². The second-order valence-corrected chi connectivity index (χ2v) is 7.90. The molecule has 0 saturated heterocycles. The van der Waals surface area contributed by atoms with E-state index in [1.807, 2.05) is 59.0 Å². The number of hydrogen-bond donors (Lipinski definition) is 1. The Labute approximate surface area is 182 Å². The number of fused-ring (bicyclic) bond motifs is 1. The van der Waals surface area contributed by atoms with Crippen molar-refractivity contribution in [2.45, 2.75) is 12.1 Å². The van der Waals surface area contributed by atoms with Crippen LogP contribution in [0.3, 0.4) is 0 Å². The van der Waals surface area contributed by atoms with Crippen LogP contribution >= 0.6 is 11.8 Å². The van der Waals surface area contributed by atoms with Crippen molar-refractivity contribution in [3.8, 4) is 22.9 Å². The SMILES string of the molecule is Cc1cccc(-c2nnc(SCC(=O)Nc3ccc4c(c3)OCO4)n2-n2cccc2)c1. The summed E-state index contributed by atoms with van der Waals surface area (Å²) in [5, 5.41) is 12.2. The van der Waals surface area contributed by atoms with Crippen LogP contribution in [-0.2, 0) is 4.79 Å². The predicted octanol–water partition coefficient (Wildman–Crippen LogP) is 3.83. The van der Waals surface area contributed by atoms with Gasteiger partial charge in [0, 0.05) is 29.7 Å². The van der Waals surface area contributed by atoms with Crippen LogP contribution < -0.4 is 14.8 Å². The van der Waals surface area contributed by atoms with Gasteiger partial charge in [-0.3, -0.25) is 9.47 Å². The standard InChI is InChI=1S/C22H19N5O3S/c1-15-5-4-6-16(11-15)21-24-25-22(27(21)26-9-2-3-10-26)31-13-20(28)23-17-7-8-18-19(12-17)30-14-29-18/h2-12H,13-14H2,1H3,(H,23,28). The smallest absolute Gasteiger partial charge is 0.234 e. The van der Waals surface area contributed by atoms with Crippen LogP contribution in [0.2, 0.25) is 0 Å². The highest BCUT2D eigenvalue weighted by molar-refractivity contribution is 7.99. The lowest BCUT2D eigenvalue weighted by Crippen LogP contribution is -2.15. The topological polar surface area (TPSA) is 83.2 Å². The fraction of sp³-hybridized carbons (Fsp3) is 0.136. The summed E-state index contributed by atoms with van der Waals surface area (Å²) >= 11 is 1.32. The van der Waals surface area contributed by atoms with Crippen LogP contribution in [0.5, 0.6) is 11.5 Å². The Balaban J connectivity index is 1.35. The number of benzene rings is 2. The molecule has 2 aromatic carbocycles. The Morgan fingerprint density at radius 2 is 1.90 bits per heavy atom. The zero-order valence-electron chi connectivity index (χ0n) is 16.7. The molecule has 1 aliphatic rings. The maximum Gasteiger partial charge on any atom is 0.234 e. The van der Waals surface area contributed by atoms with Gasteiger partial charge in [-0.05, 0) is 37.3 Å². The molecule has 0 radical (unpaired) electrons. The molecule has 0 atom stereocenters. The fourth-order valence-corrected chi connectivity index (χ4v) is 4.02. The van der Waals surface area contributed by atoms with Crippen molar-refractivity contribution < 1.29 is 14.3 Å². The van der Waals surface area contributed by atoms with Gasteiger partial charge in [0.2, 0.25) is 17.9 Å². The quantitative estimate of drug-likeness (QED) is 0.466. The van der Waals surface area contributed by atoms with Crippen LogP contribution in [0.4, 0.5) is 5.69 Å². The van der Waals surface area contributed by atoms with Gasteiger partial charge in [0.05, 0.1) is 5.75 Å². The van der Waals surface area contributed by atoms with E-state index in [1.54, 1.807) is 18.2 Å². The number of rotatable bonds is 6. The van der Waals surface area contributed by atoms with Crippen molar-refractivity contribution in [1.82, 2.24) is 19.5 Å². The van der Waals surface area contributed by atoms with Gasteiger partial charge in [0.1, 0.15) is 0 Å². The molecule has 0 spiro atoms. The number of thioether (sulfide) groups is 1. The molecule has 156 valence electrons. The maximum atomic E-state index is 12.5. The van der Waals surface area contributed by atoms with Gasteiger partial charge in [-0.25, -0.2) is 4.68 Å². The first-order valence-electron chi connectivity index (χ1n) is 9.66. The molecule has 2 aromatic heterocycles. The number of nitrogens with zero attached hydrogens (tertiary/aromatic N) is 4. The summed E-state index contributed by atoms with van der Waals surface area (Å²) in [6.07, 6.45) is 3.83. The van der Waals surface area contributed by atoms with Crippen molar-refractivity contribution in [1.29, 1.82) is 0 Å². The third-order valence-electron chi connectivity index (χ3n) is 4.70. The molecule has 8 nitrogen and oxygen atoms in total. The minimum atomic E-state index is -0.150. The van der Waals surface area contributed by atoms with Crippen LogP contribution in [0.25, 0.3) is 11.4 Å². The van der Waals surface area contributed by atoms with Gasteiger partial charge in [-0.15, -0.1) is 10.2 Å². The van der Waals surface area contributed by atoms with Crippen LogP contribution in [-0.4, -0.2) is 38.0 Å². The number of ether oxygens (including phenoxy) is 2. The Morgan fingerprint density at radius 1 is 1.06 bits per heavy atom. The second kappa shape index (κ2) is 8.19. The van der Waals surface area contributed by atoms with Crippen LogP contribution in [0.15, 0.2) is 72.1 Å². The molecule has 9 heteroatoms. The lowest BCUT2D eigenvalue weighted by molar-refractivity contribution is -0.113. The van der Waals surface area contributed by atoms with Crippen molar-refractivity contribution in [2.75, 3.05) is 17.9 Å². The largest absolute Gasteiger partial charge is 0.454 e. The Bertz CT molecular complexity index is 1240. The number of anilines is 1. The molecule has 31 heavy (non-hydrogen) atoms. The molecule has 0 unspecified atom stereocenters. The summed E-state index contributed by atoms with van der Waals surface area (Å²) < 4.78 is 14.5. The van der Waals surface area contributed by atoms with Gasteiger partial charge < -0.3 is 14.8 Å². The number of nitrogens with one attached hydrogen (secondary N) is 1. The molecule has 4 aromatic rings. The van der Waals surface area contributed by atoms with E-state index in [2.05, 4.69) is 21.6 Å². The highest BCUT2D eigenvalue weighted by Gasteiger charge is 2.18. The molecular formula is C22H19N5O3S. The molecule has 0 fully saturated rings. The van der Waals surface area contributed by atoms with Gasteiger partial charge in [0.15, 0.2) is 17.3 Å².